The molecule has 0 saturated carbocycles. The van der Waals surface area contributed by atoms with Crippen LogP contribution in [0.5, 0.6) is 0 Å². The van der Waals surface area contributed by atoms with Gasteiger partial charge in [0.25, 0.3) is 0 Å². The van der Waals surface area contributed by atoms with Gasteiger partial charge in [-0.15, -0.1) is 0 Å². The molecule has 0 amide bonds. The molecule has 1 atom stereocenters. The fourth-order valence-corrected chi connectivity index (χ4v) is 1.59. The zero-order chi connectivity index (χ0) is 13.8. The first-order chi connectivity index (χ1) is 8.33. The summed E-state index contributed by atoms with van der Waals surface area (Å²) in [5, 5.41) is 9.31. The Morgan fingerprint density at radius 1 is 1.39 bits per heavy atom. The number of aliphatic hydroxyl groups is 1. The Morgan fingerprint density at radius 2 is 2.06 bits per heavy atom. The maximum Gasteiger partial charge on any atom is 0.405 e. The van der Waals surface area contributed by atoms with Crippen molar-refractivity contribution in [3.05, 3.63) is 23.9 Å². The number of alkyl halides is 3. The number of aromatic nitrogens is 1. The van der Waals surface area contributed by atoms with Gasteiger partial charge >= 0.3 is 6.18 Å². The van der Waals surface area contributed by atoms with Crippen molar-refractivity contribution >= 4 is 5.82 Å². The molecular weight excluding hydrogens is 245 g/mol. The summed E-state index contributed by atoms with van der Waals surface area (Å²) in [6, 6.07) is 3.09. The van der Waals surface area contributed by atoms with Crippen LogP contribution < -0.4 is 4.90 Å². The SMILES string of the molecule is CCCN(CC(F)(F)F)c1ccc(C(C)O)cn1. The molecule has 0 spiro atoms. The summed E-state index contributed by atoms with van der Waals surface area (Å²) >= 11 is 0. The number of halogens is 3. The average molecular weight is 262 g/mol. The van der Waals surface area contributed by atoms with Crippen LogP contribution in [0, 0.1) is 0 Å². The molecule has 0 aliphatic rings. The van der Waals surface area contributed by atoms with Crippen LogP contribution in [0.3, 0.4) is 0 Å². The highest BCUT2D eigenvalue weighted by atomic mass is 19.4. The van der Waals surface area contributed by atoms with Gasteiger partial charge in [0.2, 0.25) is 0 Å². The average Bonchev–Trinajstić information content (AvgIpc) is 2.27. The predicted molar refractivity (Wildman–Crippen MR) is 63.4 cm³/mol. The smallest absolute Gasteiger partial charge is 0.389 e. The normalized spacial score (nSPS) is 13.4. The third-order valence-corrected chi connectivity index (χ3v) is 2.44. The van der Waals surface area contributed by atoms with Gasteiger partial charge in [-0.3, -0.25) is 0 Å². The Morgan fingerprint density at radius 3 is 2.44 bits per heavy atom. The highest BCUT2D eigenvalue weighted by molar-refractivity contribution is 5.39. The highest BCUT2D eigenvalue weighted by Crippen LogP contribution is 2.22. The minimum absolute atomic E-state index is 0.276. The summed E-state index contributed by atoms with van der Waals surface area (Å²) in [5.74, 6) is 0.276. The van der Waals surface area contributed by atoms with E-state index in [1.54, 1.807) is 13.0 Å². The van der Waals surface area contributed by atoms with Crippen LogP contribution in [-0.4, -0.2) is 29.4 Å². The maximum atomic E-state index is 12.4. The van der Waals surface area contributed by atoms with E-state index in [0.29, 0.717) is 18.5 Å². The van der Waals surface area contributed by atoms with Crippen LogP contribution in [0.15, 0.2) is 18.3 Å². The van der Waals surface area contributed by atoms with Gasteiger partial charge in [-0.25, -0.2) is 4.98 Å². The first-order valence-electron chi connectivity index (χ1n) is 5.79. The number of rotatable bonds is 5. The fourth-order valence-electron chi connectivity index (χ4n) is 1.59. The molecule has 3 nitrogen and oxygen atoms in total. The Kier molecular flexibility index (Phi) is 4.95. The monoisotopic (exact) mass is 262 g/mol. The molecule has 6 heteroatoms. The molecule has 18 heavy (non-hydrogen) atoms. The van der Waals surface area contributed by atoms with E-state index < -0.39 is 18.8 Å². The third-order valence-electron chi connectivity index (χ3n) is 2.44. The molecular formula is C12H17F3N2O. The van der Waals surface area contributed by atoms with Crippen LogP contribution in [0.2, 0.25) is 0 Å². The Bertz CT molecular complexity index is 363. The molecule has 1 unspecified atom stereocenters. The van der Waals surface area contributed by atoms with E-state index in [-0.39, 0.29) is 5.82 Å². The number of anilines is 1. The molecule has 1 aromatic rings. The number of pyridine rings is 1. The molecule has 0 fully saturated rings. The Balaban J connectivity index is 2.85. The summed E-state index contributed by atoms with van der Waals surface area (Å²) in [6.07, 6.45) is -2.91. The van der Waals surface area contributed by atoms with Gasteiger partial charge in [-0.2, -0.15) is 13.2 Å². The summed E-state index contributed by atoms with van der Waals surface area (Å²) in [5.41, 5.74) is 0.585. The number of hydrogen-bond donors (Lipinski definition) is 1. The van der Waals surface area contributed by atoms with Gasteiger partial charge in [-0.1, -0.05) is 13.0 Å². The largest absolute Gasteiger partial charge is 0.405 e. The van der Waals surface area contributed by atoms with Crippen molar-refractivity contribution in [2.24, 2.45) is 0 Å². The van der Waals surface area contributed by atoms with Gasteiger partial charge in [0.15, 0.2) is 0 Å². The minimum Gasteiger partial charge on any atom is -0.389 e. The topological polar surface area (TPSA) is 36.4 Å². The number of aliphatic hydroxyl groups excluding tert-OH is 1. The lowest BCUT2D eigenvalue weighted by Crippen LogP contribution is -2.35. The molecule has 1 rings (SSSR count). The summed E-state index contributed by atoms with van der Waals surface area (Å²) in [4.78, 5) is 5.16. The van der Waals surface area contributed by atoms with E-state index in [1.807, 2.05) is 6.92 Å². The lowest BCUT2D eigenvalue weighted by Gasteiger charge is -2.24. The second-order valence-electron chi connectivity index (χ2n) is 4.16. The standard InChI is InChI=1S/C12H17F3N2O/c1-3-6-17(8-12(13,14)15)11-5-4-10(7-16-11)9(2)18/h4-5,7,9,18H,3,6,8H2,1-2H3. The van der Waals surface area contributed by atoms with Crippen LogP contribution >= 0.6 is 0 Å². The third kappa shape index (κ3) is 4.52. The van der Waals surface area contributed by atoms with Crippen LogP contribution in [-0.2, 0) is 0 Å². The summed E-state index contributed by atoms with van der Waals surface area (Å²) in [6.45, 7) is 2.67. The lowest BCUT2D eigenvalue weighted by molar-refractivity contribution is -0.119. The second kappa shape index (κ2) is 6.04. The summed E-state index contributed by atoms with van der Waals surface area (Å²) in [7, 11) is 0. The predicted octanol–water partition coefficient (Wildman–Crippen LogP) is 2.91. The molecule has 0 radical (unpaired) electrons. The molecule has 1 heterocycles. The van der Waals surface area contributed by atoms with Crippen molar-refractivity contribution < 1.29 is 18.3 Å². The first kappa shape index (κ1) is 14.8. The van der Waals surface area contributed by atoms with Crippen molar-refractivity contribution in [1.82, 2.24) is 4.98 Å². The Hall–Kier alpha value is -1.30. The zero-order valence-corrected chi connectivity index (χ0v) is 10.4. The lowest BCUT2D eigenvalue weighted by atomic mass is 10.2. The zero-order valence-electron chi connectivity index (χ0n) is 10.4. The van der Waals surface area contributed by atoms with Gasteiger partial charge in [0, 0.05) is 12.7 Å². The van der Waals surface area contributed by atoms with Gasteiger partial charge < -0.3 is 10.0 Å². The molecule has 1 aromatic heterocycles. The van der Waals surface area contributed by atoms with Crippen molar-refractivity contribution in [2.75, 3.05) is 18.0 Å². The van der Waals surface area contributed by atoms with E-state index >= 15 is 0 Å². The van der Waals surface area contributed by atoms with E-state index in [1.165, 1.54) is 17.2 Å². The quantitative estimate of drug-likeness (QED) is 0.886. The summed E-state index contributed by atoms with van der Waals surface area (Å²) < 4.78 is 37.2. The van der Waals surface area contributed by atoms with Crippen molar-refractivity contribution in [2.45, 2.75) is 32.5 Å². The van der Waals surface area contributed by atoms with E-state index in [0.717, 1.165) is 0 Å². The first-order valence-corrected chi connectivity index (χ1v) is 5.79. The molecule has 102 valence electrons. The molecule has 0 aromatic carbocycles. The molecule has 0 saturated heterocycles. The number of hydrogen-bond acceptors (Lipinski definition) is 3. The highest BCUT2D eigenvalue weighted by Gasteiger charge is 2.31. The van der Waals surface area contributed by atoms with Gasteiger partial charge in [0.1, 0.15) is 12.4 Å². The van der Waals surface area contributed by atoms with Crippen LogP contribution in [0.4, 0.5) is 19.0 Å². The van der Waals surface area contributed by atoms with Crippen molar-refractivity contribution in [3.8, 4) is 0 Å². The molecule has 0 aliphatic heterocycles. The van der Waals surface area contributed by atoms with Gasteiger partial charge in [0.05, 0.1) is 6.10 Å². The van der Waals surface area contributed by atoms with Crippen molar-refractivity contribution in [3.63, 3.8) is 0 Å². The van der Waals surface area contributed by atoms with E-state index in [2.05, 4.69) is 4.98 Å². The van der Waals surface area contributed by atoms with Gasteiger partial charge in [-0.05, 0) is 25.0 Å². The van der Waals surface area contributed by atoms with Crippen LogP contribution in [0.1, 0.15) is 31.9 Å². The minimum atomic E-state index is -4.25. The number of nitrogens with zero attached hydrogens (tertiary/aromatic N) is 2. The Labute approximate surface area is 104 Å². The van der Waals surface area contributed by atoms with Crippen LogP contribution in [0.25, 0.3) is 0 Å². The molecule has 1 N–H and O–H groups in total. The second-order valence-corrected chi connectivity index (χ2v) is 4.16. The molecule has 0 bridgehead atoms. The fraction of sp³-hybridized carbons (Fsp3) is 0.583. The van der Waals surface area contributed by atoms with E-state index in [9.17, 15) is 18.3 Å². The maximum absolute atomic E-state index is 12.4. The molecule has 0 aliphatic carbocycles. The van der Waals surface area contributed by atoms with Crippen molar-refractivity contribution in [1.29, 1.82) is 0 Å². The van der Waals surface area contributed by atoms with E-state index in [4.69, 9.17) is 0 Å².